The summed E-state index contributed by atoms with van der Waals surface area (Å²) in [5.74, 6) is 0. The van der Waals surface area contributed by atoms with Crippen molar-refractivity contribution < 1.29 is 15.2 Å². The average molecular weight is 344 g/mol. The third kappa shape index (κ3) is 5.71. The van der Waals surface area contributed by atoms with Gasteiger partial charge in [0, 0.05) is 11.2 Å². The van der Waals surface area contributed by atoms with Crippen molar-refractivity contribution in [3.8, 4) is 0 Å². The summed E-state index contributed by atoms with van der Waals surface area (Å²) in [4.78, 5) is 3.90. The van der Waals surface area contributed by atoms with Crippen LogP contribution in [0, 0.1) is 0 Å². The fourth-order valence-electron chi connectivity index (χ4n) is 1.22. The Labute approximate surface area is 125 Å². The number of halogens is 2. The predicted molar refractivity (Wildman–Crippen MR) is 79.1 cm³/mol. The van der Waals surface area contributed by atoms with Gasteiger partial charge in [0.05, 0.1) is 6.61 Å². The summed E-state index contributed by atoms with van der Waals surface area (Å²) in [6.45, 7) is -0.209. The highest BCUT2D eigenvalue weighted by atomic mass is 79.9. The Morgan fingerprint density at radius 3 is 2.37 bits per heavy atom. The van der Waals surface area contributed by atoms with E-state index in [0.29, 0.717) is 16.0 Å². The lowest BCUT2D eigenvalue weighted by molar-refractivity contribution is 0.282. The fraction of sp³-hybridized carbons (Fsp3) is 0.0833. The van der Waals surface area contributed by atoms with Crippen LogP contribution in [0.4, 0.5) is 0 Å². The van der Waals surface area contributed by atoms with Crippen molar-refractivity contribution in [3.05, 3.63) is 57.8 Å². The molecular weight excluding hydrogens is 332 g/mol. The molecule has 0 radical (unpaired) electrons. The van der Waals surface area contributed by atoms with Gasteiger partial charge in [0.25, 0.3) is 0 Å². The maximum Gasteiger partial charge on any atom is 0.488 e. The monoisotopic (exact) mass is 343 g/mol. The molecule has 100 valence electrons. The number of aliphatic hydroxyl groups is 1. The topological polar surface area (TPSA) is 73.6 Å². The first-order valence-electron chi connectivity index (χ1n) is 5.36. The lowest BCUT2D eigenvalue weighted by atomic mass is 9.80. The van der Waals surface area contributed by atoms with E-state index in [9.17, 15) is 0 Å². The molecule has 0 spiro atoms. The van der Waals surface area contributed by atoms with Crippen molar-refractivity contribution in [2.75, 3.05) is 0 Å². The molecule has 0 aliphatic heterocycles. The van der Waals surface area contributed by atoms with Crippen LogP contribution in [0.5, 0.6) is 0 Å². The second-order valence-corrected chi connectivity index (χ2v) is 4.75. The molecule has 4 nitrogen and oxygen atoms in total. The molecule has 19 heavy (non-hydrogen) atoms. The third-order valence-corrected chi connectivity index (χ3v) is 3.00. The summed E-state index contributed by atoms with van der Waals surface area (Å²) >= 11 is 8.88. The molecule has 7 heteroatoms. The highest BCUT2D eigenvalue weighted by Gasteiger charge is 2.11. The van der Waals surface area contributed by atoms with Crippen LogP contribution in [0.15, 0.2) is 47.2 Å². The summed E-state index contributed by atoms with van der Waals surface area (Å²) in [6.07, 6.45) is 1.74. The first-order chi connectivity index (χ1) is 9.04. The van der Waals surface area contributed by atoms with Crippen LogP contribution in [0.25, 0.3) is 0 Å². The molecule has 0 atom stereocenters. The normalized spacial score (nSPS) is 9.53. The Morgan fingerprint density at radius 2 is 1.95 bits per heavy atom. The molecule has 2 aromatic rings. The molecule has 2 rings (SSSR count). The number of aromatic nitrogens is 1. The van der Waals surface area contributed by atoms with Crippen molar-refractivity contribution in [1.82, 2.24) is 4.98 Å². The molecule has 0 saturated heterocycles. The molecule has 1 heterocycles. The first-order valence-corrected chi connectivity index (χ1v) is 6.53. The van der Waals surface area contributed by atoms with Crippen LogP contribution in [0.1, 0.15) is 5.56 Å². The second-order valence-electron chi connectivity index (χ2n) is 3.54. The molecule has 0 unspecified atom stereocenters. The van der Waals surface area contributed by atoms with Gasteiger partial charge in [-0.05, 0) is 45.2 Å². The van der Waals surface area contributed by atoms with E-state index in [1.165, 1.54) is 18.2 Å². The SMILES string of the molecule is Brc1ccccn1.OCc1cc(B(O)O)ccc1Cl. The summed E-state index contributed by atoms with van der Waals surface area (Å²) < 4.78 is 0.884. The maximum atomic E-state index is 8.78. The van der Waals surface area contributed by atoms with Gasteiger partial charge in [-0.2, -0.15) is 0 Å². The number of rotatable bonds is 2. The Balaban J connectivity index is 0.000000218. The summed E-state index contributed by atoms with van der Waals surface area (Å²) in [7, 11) is -1.52. The lowest BCUT2D eigenvalue weighted by Gasteiger charge is -2.03. The zero-order valence-corrected chi connectivity index (χ0v) is 12.2. The molecule has 0 bridgehead atoms. The van der Waals surface area contributed by atoms with Crippen LogP contribution in [-0.2, 0) is 6.61 Å². The van der Waals surface area contributed by atoms with Crippen LogP contribution >= 0.6 is 27.5 Å². The highest BCUT2D eigenvalue weighted by Crippen LogP contribution is 2.13. The Bertz CT molecular complexity index is 514. The van der Waals surface area contributed by atoms with Crippen LogP contribution < -0.4 is 5.46 Å². The molecular formula is C12H12BBrClNO3. The van der Waals surface area contributed by atoms with Crippen molar-refractivity contribution in [2.45, 2.75) is 6.61 Å². The number of benzene rings is 1. The maximum absolute atomic E-state index is 8.78. The lowest BCUT2D eigenvalue weighted by Crippen LogP contribution is -2.29. The predicted octanol–water partition coefficient (Wildman–Crippen LogP) is 1.36. The van der Waals surface area contributed by atoms with E-state index < -0.39 is 7.12 Å². The summed E-state index contributed by atoms with van der Waals surface area (Å²) in [6, 6.07) is 10.2. The third-order valence-electron chi connectivity index (χ3n) is 2.17. The number of aliphatic hydroxyl groups excluding tert-OH is 1. The van der Waals surface area contributed by atoms with Gasteiger partial charge in [-0.15, -0.1) is 0 Å². The van der Waals surface area contributed by atoms with E-state index in [1.54, 1.807) is 6.20 Å². The van der Waals surface area contributed by atoms with E-state index >= 15 is 0 Å². The minimum absolute atomic E-state index is 0.209. The van der Waals surface area contributed by atoms with E-state index in [2.05, 4.69) is 20.9 Å². The van der Waals surface area contributed by atoms with Gasteiger partial charge in [-0.3, -0.25) is 0 Å². The Morgan fingerprint density at radius 1 is 1.21 bits per heavy atom. The molecule has 1 aromatic heterocycles. The minimum atomic E-state index is -1.52. The Kier molecular flexibility index (Phi) is 7.05. The van der Waals surface area contributed by atoms with Gasteiger partial charge in [0.2, 0.25) is 0 Å². The molecule has 0 aliphatic carbocycles. The zero-order valence-electron chi connectivity index (χ0n) is 9.87. The first kappa shape index (κ1) is 16.1. The van der Waals surface area contributed by atoms with Crippen molar-refractivity contribution in [2.24, 2.45) is 0 Å². The van der Waals surface area contributed by atoms with E-state index in [-0.39, 0.29) is 6.61 Å². The minimum Gasteiger partial charge on any atom is -0.423 e. The largest absolute Gasteiger partial charge is 0.488 e. The van der Waals surface area contributed by atoms with Crippen molar-refractivity contribution in [3.63, 3.8) is 0 Å². The van der Waals surface area contributed by atoms with Gasteiger partial charge in [-0.1, -0.05) is 29.8 Å². The molecule has 3 N–H and O–H groups in total. The van der Waals surface area contributed by atoms with E-state index in [0.717, 1.165) is 4.60 Å². The molecule has 1 aromatic carbocycles. The van der Waals surface area contributed by atoms with Crippen LogP contribution in [-0.4, -0.2) is 27.3 Å². The second kappa shape index (κ2) is 8.29. The number of pyridine rings is 1. The van der Waals surface area contributed by atoms with Crippen molar-refractivity contribution >= 4 is 40.1 Å². The highest BCUT2D eigenvalue weighted by molar-refractivity contribution is 9.10. The molecule has 0 saturated carbocycles. The average Bonchev–Trinajstić information content (AvgIpc) is 2.40. The fourth-order valence-corrected chi connectivity index (χ4v) is 1.67. The Hall–Kier alpha value is -0.915. The summed E-state index contributed by atoms with van der Waals surface area (Å²) in [5.41, 5.74) is 0.811. The van der Waals surface area contributed by atoms with E-state index in [4.69, 9.17) is 26.8 Å². The van der Waals surface area contributed by atoms with Gasteiger partial charge in [0.15, 0.2) is 0 Å². The van der Waals surface area contributed by atoms with Gasteiger partial charge in [-0.25, -0.2) is 4.98 Å². The van der Waals surface area contributed by atoms with Gasteiger partial charge in [0.1, 0.15) is 4.60 Å². The number of hydrogen-bond acceptors (Lipinski definition) is 4. The molecule has 0 aliphatic rings. The van der Waals surface area contributed by atoms with E-state index in [1.807, 2.05) is 18.2 Å². The van der Waals surface area contributed by atoms with Crippen LogP contribution in [0.3, 0.4) is 0 Å². The smallest absolute Gasteiger partial charge is 0.423 e. The quantitative estimate of drug-likeness (QED) is 0.568. The number of hydrogen-bond donors (Lipinski definition) is 3. The van der Waals surface area contributed by atoms with Crippen LogP contribution in [0.2, 0.25) is 5.02 Å². The van der Waals surface area contributed by atoms with Crippen molar-refractivity contribution in [1.29, 1.82) is 0 Å². The standard InChI is InChI=1S/C7H8BClO3.C5H4BrN/c9-7-2-1-6(8(11)12)3-5(7)4-10;6-5-3-1-2-4-7-5/h1-3,10-12H,4H2;1-4H. The molecule has 0 fully saturated rings. The molecule has 0 amide bonds. The number of nitrogens with zero attached hydrogens (tertiary/aromatic N) is 1. The summed E-state index contributed by atoms with van der Waals surface area (Å²) in [5, 5.41) is 26.7. The van der Waals surface area contributed by atoms with Gasteiger partial charge < -0.3 is 15.2 Å². The van der Waals surface area contributed by atoms with Gasteiger partial charge >= 0.3 is 7.12 Å². The zero-order chi connectivity index (χ0) is 14.3.